The van der Waals surface area contributed by atoms with Crippen molar-refractivity contribution >= 4 is 38.9 Å². The lowest BCUT2D eigenvalue weighted by atomic mass is 10.1. The highest BCUT2D eigenvalue weighted by Crippen LogP contribution is 2.40. The van der Waals surface area contributed by atoms with Crippen molar-refractivity contribution in [2.75, 3.05) is 13.2 Å². The van der Waals surface area contributed by atoms with Crippen LogP contribution < -0.4 is 9.47 Å². The van der Waals surface area contributed by atoms with Gasteiger partial charge < -0.3 is 14.6 Å². The van der Waals surface area contributed by atoms with Gasteiger partial charge in [-0.25, -0.2) is 0 Å². The van der Waals surface area contributed by atoms with Crippen LogP contribution in [0.3, 0.4) is 0 Å². The fourth-order valence-corrected chi connectivity index (χ4v) is 3.53. The first-order valence-electron chi connectivity index (χ1n) is 6.59. The summed E-state index contributed by atoms with van der Waals surface area (Å²) in [4.78, 5) is 0.785. The monoisotopic (exact) mass is 390 g/mol. The molecular formula is C15H16BrClO3S. The van der Waals surface area contributed by atoms with E-state index in [1.807, 2.05) is 26.0 Å². The Labute approximate surface area is 141 Å². The van der Waals surface area contributed by atoms with Crippen LogP contribution in [0, 0.1) is 0 Å². The highest BCUT2D eigenvalue weighted by Gasteiger charge is 2.19. The number of thiophene rings is 1. The molecule has 1 unspecified atom stereocenters. The molecule has 0 saturated heterocycles. The maximum Gasteiger partial charge on any atom is 0.162 e. The zero-order valence-corrected chi connectivity index (χ0v) is 14.9. The maximum absolute atomic E-state index is 10.5. The van der Waals surface area contributed by atoms with Gasteiger partial charge in [0.05, 0.1) is 17.6 Å². The van der Waals surface area contributed by atoms with Gasteiger partial charge in [0, 0.05) is 14.9 Å². The Bertz CT molecular complexity index is 615. The van der Waals surface area contributed by atoms with Crippen molar-refractivity contribution in [2.45, 2.75) is 20.0 Å². The molecular weight excluding hydrogens is 376 g/mol. The predicted octanol–water partition coefficient (Wildman–Crippen LogP) is 5.04. The van der Waals surface area contributed by atoms with Crippen molar-refractivity contribution < 1.29 is 14.6 Å². The normalized spacial score (nSPS) is 12.2. The fourth-order valence-electron chi connectivity index (χ4n) is 1.93. The smallest absolute Gasteiger partial charge is 0.162 e. The summed E-state index contributed by atoms with van der Waals surface area (Å²) in [5, 5.41) is 10.5. The van der Waals surface area contributed by atoms with Crippen LogP contribution in [0.15, 0.2) is 28.7 Å². The molecule has 21 heavy (non-hydrogen) atoms. The van der Waals surface area contributed by atoms with Gasteiger partial charge >= 0.3 is 0 Å². The summed E-state index contributed by atoms with van der Waals surface area (Å²) in [5.41, 5.74) is 0.723. The lowest BCUT2D eigenvalue weighted by molar-refractivity contribution is 0.221. The largest absolute Gasteiger partial charge is 0.490 e. The second kappa shape index (κ2) is 7.49. The molecule has 6 heteroatoms. The van der Waals surface area contributed by atoms with Crippen LogP contribution in [0.25, 0.3) is 0 Å². The molecule has 1 atom stereocenters. The molecule has 0 bridgehead atoms. The first-order valence-corrected chi connectivity index (χ1v) is 8.57. The third-order valence-corrected chi connectivity index (χ3v) is 4.79. The Kier molecular flexibility index (Phi) is 5.93. The fraction of sp³-hybridized carbons (Fsp3) is 0.333. The van der Waals surface area contributed by atoms with Crippen molar-refractivity contribution in [3.63, 3.8) is 0 Å². The van der Waals surface area contributed by atoms with Crippen LogP contribution in [-0.4, -0.2) is 18.3 Å². The number of benzene rings is 1. The highest BCUT2D eigenvalue weighted by molar-refractivity contribution is 9.10. The third kappa shape index (κ3) is 3.92. The summed E-state index contributed by atoms with van der Waals surface area (Å²) in [5.74, 6) is 1.28. The Morgan fingerprint density at radius 3 is 2.33 bits per heavy atom. The lowest BCUT2D eigenvalue weighted by Crippen LogP contribution is -2.03. The Morgan fingerprint density at radius 1 is 1.19 bits per heavy atom. The van der Waals surface area contributed by atoms with Gasteiger partial charge in [-0.05, 0) is 38.1 Å². The van der Waals surface area contributed by atoms with Crippen LogP contribution in [0.1, 0.15) is 30.4 Å². The predicted molar refractivity (Wildman–Crippen MR) is 89.9 cm³/mol. The summed E-state index contributed by atoms with van der Waals surface area (Å²) < 4.78 is 12.6. The minimum Gasteiger partial charge on any atom is -0.490 e. The number of aliphatic hydroxyl groups is 1. The van der Waals surface area contributed by atoms with Gasteiger partial charge in [0.15, 0.2) is 11.5 Å². The summed E-state index contributed by atoms with van der Waals surface area (Å²) in [7, 11) is 0. The quantitative estimate of drug-likeness (QED) is 0.749. The Balaban J connectivity index is 2.40. The summed E-state index contributed by atoms with van der Waals surface area (Å²) in [6.45, 7) is 4.91. The number of aliphatic hydroxyl groups excluding tert-OH is 1. The number of hydrogen-bond donors (Lipinski definition) is 1. The van der Waals surface area contributed by atoms with E-state index in [1.165, 1.54) is 11.3 Å². The van der Waals surface area contributed by atoms with Crippen LogP contribution in [0.2, 0.25) is 4.34 Å². The van der Waals surface area contributed by atoms with E-state index in [9.17, 15) is 5.11 Å². The second-order valence-electron chi connectivity index (χ2n) is 4.23. The SMILES string of the molecule is CCOc1cc(Br)c(C(O)c2ccc(Cl)s2)cc1OCC. The van der Waals surface area contributed by atoms with Gasteiger partial charge in [-0.15, -0.1) is 11.3 Å². The number of ether oxygens (including phenoxy) is 2. The molecule has 0 spiro atoms. The molecule has 0 aliphatic rings. The molecule has 0 amide bonds. The van der Waals surface area contributed by atoms with E-state index in [2.05, 4.69) is 15.9 Å². The van der Waals surface area contributed by atoms with Crippen LogP contribution >= 0.6 is 38.9 Å². The van der Waals surface area contributed by atoms with E-state index in [1.54, 1.807) is 12.1 Å². The van der Waals surface area contributed by atoms with Crippen LogP contribution in [0.5, 0.6) is 11.5 Å². The third-order valence-electron chi connectivity index (χ3n) is 2.82. The van der Waals surface area contributed by atoms with Gasteiger partial charge in [-0.1, -0.05) is 27.5 Å². The van der Waals surface area contributed by atoms with E-state index < -0.39 is 6.10 Å². The molecule has 0 fully saturated rings. The maximum atomic E-state index is 10.5. The number of halogens is 2. The van der Waals surface area contributed by atoms with Gasteiger partial charge in [-0.3, -0.25) is 0 Å². The molecule has 0 saturated carbocycles. The summed E-state index contributed by atoms with van der Waals surface area (Å²) >= 11 is 10.8. The Hall–Kier alpha value is -0.750. The number of hydrogen-bond acceptors (Lipinski definition) is 4. The van der Waals surface area contributed by atoms with E-state index in [0.29, 0.717) is 29.0 Å². The Morgan fingerprint density at radius 2 is 1.81 bits per heavy atom. The standard InChI is InChI=1S/C15H16BrClO3S/c1-3-19-11-7-9(10(16)8-12(11)20-4-2)15(18)13-5-6-14(17)21-13/h5-8,15,18H,3-4H2,1-2H3. The first kappa shape index (κ1) is 16.6. The van der Waals surface area contributed by atoms with E-state index in [4.69, 9.17) is 21.1 Å². The molecule has 2 rings (SSSR count). The van der Waals surface area contributed by atoms with Crippen LogP contribution in [0.4, 0.5) is 0 Å². The molecule has 0 aliphatic heterocycles. The minimum absolute atomic E-state index is 0.530. The van der Waals surface area contributed by atoms with Crippen LogP contribution in [-0.2, 0) is 0 Å². The average Bonchev–Trinajstić information content (AvgIpc) is 2.88. The van der Waals surface area contributed by atoms with E-state index in [-0.39, 0.29) is 0 Å². The molecule has 1 heterocycles. The average molecular weight is 392 g/mol. The van der Waals surface area contributed by atoms with E-state index >= 15 is 0 Å². The molecule has 3 nitrogen and oxygen atoms in total. The zero-order valence-electron chi connectivity index (χ0n) is 11.7. The first-order chi connectivity index (χ1) is 10.1. The lowest BCUT2D eigenvalue weighted by Gasteiger charge is -2.17. The molecule has 114 valence electrons. The molecule has 1 aromatic heterocycles. The topological polar surface area (TPSA) is 38.7 Å². The molecule has 1 N–H and O–H groups in total. The van der Waals surface area contributed by atoms with E-state index in [0.717, 1.165) is 14.9 Å². The summed E-state index contributed by atoms with van der Waals surface area (Å²) in [6, 6.07) is 7.22. The zero-order chi connectivity index (χ0) is 15.4. The molecule has 0 radical (unpaired) electrons. The summed E-state index contributed by atoms with van der Waals surface area (Å²) in [6.07, 6.45) is -0.758. The van der Waals surface area contributed by atoms with Gasteiger partial charge in [0.1, 0.15) is 6.10 Å². The van der Waals surface area contributed by atoms with Gasteiger partial charge in [0.25, 0.3) is 0 Å². The van der Waals surface area contributed by atoms with Gasteiger partial charge in [0.2, 0.25) is 0 Å². The van der Waals surface area contributed by atoms with Crippen molar-refractivity contribution in [3.05, 3.63) is 43.5 Å². The molecule has 2 aromatic rings. The van der Waals surface area contributed by atoms with Crippen molar-refractivity contribution in [2.24, 2.45) is 0 Å². The second-order valence-corrected chi connectivity index (χ2v) is 6.83. The van der Waals surface area contributed by atoms with Crippen molar-refractivity contribution in [3.8, 4) is 11.5 Å². The molecule has 1 aromatic carbocycles. The minimum atomic E-state index is -0.758. The highest BCUT2D eigenvalue weighted by atomic mass is 79.9. The molecule has 0 aliphatic carbocycles. The van der Waals surface area contributed by atoms with Crippen molar-refractivity contribution in [1.29, 1.82) is 0 Å². The van der Waals surface area contributed by atoms with Crippen molar-refractivity contribution in [1.82, 2.24) is 0 Å². The number of rotatable bonds is 6. The van der Waals surface area contributed by atoms with Gasteiger partial charge in [-0.2, -0.15) is 0 Å².